The van der Waals surface area contributed by atoms with E-state index in [4.69, 9.17) is 10.5 Å². The molecule has 1 aromatic heterocycles. The molecular formula is C14H15N3O4S2. The smallest absolute Gasteiger partial charge is 0.306 e. The van der Waals surface area contributed by atoms with Crippen LogP contribution in [0.4, 0.5) is 5.13 Å². The Morgan fingerprint density at radius 1 is 1.39 bits per heavy atom. The Hall–Kier alpha value is -2.26. The van der Waals surface area contributed by atoms with Crippen LogP contribution in [0.2, 0.25) is 0 Å². The first kappa shape index (κ1) is 17.1. The quantitative estimate of drug-likeness (QED) is 0.660. The van der Waals surface area contributed by atoms with E-state index in [1.807, 2.05) is 0 Å². The van der Waals surface area contributed by atoms with Crippen LogP contribution >= 0.6 is 11.3 Å². The fraction of sp³-hybridized carbons (Fsp3) is 0.214. The number of carbonyl (C=O) groups is 1. The first-order chi connectivity index (χ1) is 10.8. The van der Waals surface area contributed by atoms with Gasteiger partial charge in [-0.2, -0.15) is 0 Å². The van der Waals surface area contributed by atoms with Gasteiger partial charge < -0.3 is 10.5 Å². The Kier molecular flexibility index (Phi) is 5.12. The molecule has 1 heterocycles. The summed E-state index contributed by atoms with van der Waals surface area (Å²) < 4.78 is 26.7. The minimum atomic E-state index is -3.73. The summed E-state index contributed by atoms with van der Waals surface area (Å²) >= 11 is 1.17. The van der Waals surface area contributed by atoms with E-state index in [9.17, 15) is 13.2 Å². The molecule has 122 valence electrons. The molecule has 3 N–H and O–H groups in total. The van der Waals surface area contributed by atoms with Crippen molar-refractivity contribution in [3.8, 4) is 0 Å². The number of hydrogen-bond acceptors (Lipinski definition) is 6. The predicted molar refractivity (Wildman–Crippen MR) is 87.6 cm³/mol. The molecule has 0 aliphatic rings. The Balaban J connectivity index is 2.12. The molecule has 0 aliphatic heterocycles. The summed E-state index contributed by atoms with van der Waals surface area (Å²) in [6.45, 7) is 1.52. The van der Waals surface area contributed by atoms with E-state index >= 15 is 0 Å². The third-order valence-electron chi connectivity index (χ3n) is 3.10. The van der Waals surface area contributed by atoms with Crippen molar-refractivity contribution in [3.63, 3.8) is 0 Å². The van der Waals surface area contributed by atoms with Crippen LogP contribution in [-0.4, -0.2) is 30.2 Å². The number of rotatable bonds is 7. The topological polar surface area (TPSA) is 120 Å². The van der Waals surface area contributed by atoms with Gasteiger partial charge in [-0.15, -0.1) is 11.3 Å². The van der Waals surface area contributed by atoms with E-state index < -0.39 is 21.9 Å². The van der Waals surface area contributed by atoms with Crippen LogP contribution in [0.25, 0.3) is 0 Å². The third kappa shape index (κ3) is 4.36. The van der Waals surface area contributed by atoms with Crippen molar-refractivity contribution >= 4 is 38.2 Å². The van der Waals surface area contributed by atoms with Crippen LogP contribution in [0, 0.1) is 11.3 Å². The molecule has 0 saturated carbocycles. The second-order valence-corrected chi connectivity index (χ2v) is 7.47. The van der Waals surface area contributed by atoms with E-state index in [2.05, 4.69) is 9.71 Å². The van der Waals surface area contributed by atoms with Crippen LogP contribution < -0.4 is 4.72 Å². The zero-order valence-corrected chi connectivity index (χ0v) is 13.8. The highest BCUT2D eigenvalue weighted by molar-refractivity contribution is 7.93. The number of thiazole rings is 1. The summed E-state index contributed by atoms with van der Waals surface area (Å²) in [6.07, 6.45) is 1.58. The Morgan fingerprint density at radius 2 is 2.04 bits per heavy atom. The largest absolute Gasteiger partial charge is 0.481 e. The number of anilines is 1. The number of carboxylic acids is 1. The number of aliphatic carboxylic acids is 1. The first-order valence-corrected chi connectivity index (χ1v) is 8.99. The van der Waals surface area contributed by atoms with E-state index in [1.165, 1.54) is 48.7 Å². The molecule has 0 amide bonds. The number of nitrogens with one attached hydrogen (secondary N) is 2. The normalized spacial score (nSPS) is 12.6. The van der Waals surface area contributed by atoms with Crippen LogP contribution in [0.15, 0.2) is 40.7 Å². The second-order valence-electron chi connectivity index (χ2n) is 4.89. The summed E-state index contributed by atoms with van der Waals surface area (Å²) in [5.74, 6) is -1.64. The molecule has 0 spiro atoms. The Bertz CT molecular complexity index is 799. The van der Waals surface area contributed by atoms with Crippen molar-refractivity contribution in [1.29, 1.82) is 5.41 Å². The number of carboxylic acid groups (broad SMARTS) is 1. The summed E-state index contributed by atoms with van der Waals surface area (Å²) in [7, 11) is -3.73. The molecule has 1 unspecified atom stereocenters. The molecule has 0 aliphatic carbocycles. The summed E-state index contributed by atoms with van der Waals surface area (Å²) in [5, 5.41) is 18.7. The van der Waals surface area contributed by atoms with Crippen molar-refractivity contribution in [2.24, 2.45) is 5.92 Å². The molecule has 1 atom stereocenters. The van der Waals surface area contributed by atoms with Crippen LogP contribution in [-0.2, 0) is 14.8 Å². The predicted octanol–water partition coefficient (Wildman–Crippen LogP) is 2.42. The van der Waals surface area contributed by atoms with Gasteiger partial charge in [0.2, 0.25) is 0 Å². The van der Waals surface area contributed by atoms with Crippen molar-refractivity contribution < 1.29 is 18.3 Å². The number of nitrogens with zero attached hydrogens (tertiary/aromatic N) is 1. The van der Waals surface area contributed by atoms with Crippen molar-refractivity contribution in [2.45, 2.75) is 18.2 Å². The molecule has 9 heteroatoms. The van der Waals surface area contributed by atoms with Gasteiger partial charge in [-0.25, -0.2) is 13.4 Å². The highest BCUT2D eigenvalue weighted by Crippen LogP contribution is 2.19. The molecule has 0 radical (unpaired) electrons. The number of sulfonamides is 1. The standard InChI is InChI=1S/C14H15N3O4S2/c1-9(13(18)19)8-12(15)10-2-4-11(5-3-10)23(20,21)17-14-16-6-7-22-14/h2-7,9,15H,8H2,1H3,(H,16,17)(H,18,19). The Morgan fingerprint density at radius 3 is 2.57 bits per heavy atom. The fourth-order valence-electron chi connectivity index (χ4n) is 1.79. The monoisotopic (exact) mass is 353 g/mol. The molecule has 0 saturated heterocycles. The maximum Gasteiger partial charge on any atom is 0.306 e. The van der Waals surface area contributed by atoms with Gasteiger partial charge in [0.15, 0.2) is 5.13 Å². The van der Waals surface area contributed by atoms with E-state index in [-0.39, 0.29) is 22.2 Å². The molecule has 2 rings (SSSR count). The van der Waals surface area contributed by atoms with Gasteiger partial charge in [0.1, 0.15) is 0 Å². The lowest BCUT2D eigenvalue weighted by Crippen LogP contribution is -2.15. The highest BCUT2D eigenvalue weighted by Gasteiger charge is 2.17. The maximum absolute atomic E-state index is 12.2. The third-order valence-corrected chi connectivity index (χ3v) is 5.27. The summed E-state index contributed by atoms with van der Waals surface area (Å²) in [5.41, 5.74) is 0.642. The fourth-order valence-corrected chi connectivity index (χ4v) is 3.58. The second kappa shape index (κ2) is 6.88. The van der Waals surface area contributed by atoms with E-state index in [0.717, 1.165) is 0 Å². The van der Waals surface area contributed by atoms with Gasteiger partial charge in [-0.05, 0) is 17.7 Å². The van der Waals surface area contributed by atoms with E-state index in [1.54, 1.807) is 5.38 Å². The molecule has 23 heavy (non-hydrogen) atoms. The lowest BCUT2D eigenvalue weighted by molar-refractivity contribution is -0.140. The molecule has 1 aromatic carbocycles. The Labute approximate surface area is 137 Å². The molecule has 7 nitrogen and oxygen atoms in total. The van der Waals surface area contributed by atoms with Gasteiger partial charge in [-0.3, -0.25) is 9.52 Å². The summed E-state index contributed by atoms with van der Waals surface area (Å²) in [6, 6.07) is 5.75. The zero-order valence-electron chi connectivity index (χ0n) is 12.2. The molecule has 0 bridgehead atoms. The maximum atomic E-state index is 12.2. The highest BCUT2D eigenvalue weighted by atomic mass is 32.2. The van der Waals surface area contributed by atoms with Crippen molar-refractivity contribution in [2.75, 3.05) is 4.72 Å². The van der Waals surface area contributed by atoms with Crippen LogP contribution in [0.5, 0.6) is 0 Å². The molecule has 2 aromatic rings. The van der Waals surface area contributed by atoms with Gasteiger partial charge in [-0.1, -0.05) is 19.1 Å². The van der Waals surface area contributed by atoms with Gasteiger partial charge >= 0.3 is 5.97 Å². The number of aromatic nitrogens is 1. The molecular weight excluding hydrogens is 338 g/mol. The lowest BCUT2D eigenvalue weighted by Gasteiger charge is -2.09. The van der Waals surface area contributed by atoms with Gasteiger partial charge in [0.05, 0.1) is 10.8 Å². The average Bonchev–Trinajstić information content (AvgIpc) is 2.99. The zero-order chi connectivity index (χ0) is 17.0. The average molecular weight is 353 g/mol. The minimum absolute atomic E-state index is 0.0514. The number of benzene rings is 1. The van der Waals surface area contributed by atoms with Crippen molar-refractivity contribution in [1.82, 2.24) is 4.98 Å². The minimum Gasteiger partial charge on any atom is -0.481 e. The molecule has 0 fully saturated rings. The SMILES string of the molecule is CC(CC(=N)c1ccc(S(=O)(=O)Nc2nccs2)cc1)C(=O)O. The number of hydrogen-bond donors (Lipinski definition) is 3. The van der Waals surface area contributed by atoms with Crippen LogP contribution in [0.1, 0.15) is 18.9 Å². The van der Waals surface area contributed by atoms with Crippen molar-refractivity contribution in [3.05, 3.63) is 41.4 Å². The first-order valence-electron chi connectivity index (χ1n) is 6.62. The lowest BCUT2D eigenvalue weighted by atomic mass is 9.99. The van der Waals surface area contributed by atoms with Gasteiger partial charge in [0.25, 0.3) is 10.0 Å². The van der Waals surface area contributed by atoms with Gasteiger partial charge in [0, 0.05) is 23.7 Å². The summed E-state index contributed by atoms with van der Waals surface area (Å²) in [4.78, 5) is 14.7. The van der Waals surface area contributed by atoms with Crippen LogP contribution in [0.3, 0.4) is 0 Å². The van der Waals surface area contributed by atoms with E-state index in [0.29, 0.717) is 5.56 Å².